The Bertz CT molecular complexity index is 790. The largest absolute Gasteiger partial charge is 0.507 e. The lowest BCUT2D eigenvalue weighted by Crippen LogP contribution is -2.01. The number of phenolic OH excluding ortho intramolecular Hbond substituents is 1. The average Bonchev–Trinajstić information content (AvgIpc) is 2.49. The van der Waals surface area contributed by atoms with Gasteiger partial charge < -0.3 is 14.9 Å². The molecule has 2 N–H and O–H groups in total. The van der Waals surface area contributed by atoms with Crippen LogP contribution in [-0.4, -0.2) is 16.2 Å². The molecular weight excluding hydrogens is 452 g/mol. The van der Waals surface area contributed by atoms with E-state index < -0.39 is 5.97 Å². The minimum atomic E-state index is -1.02. The first kappa shape index (κ1) is 19.8. The Hall–Kier alpha value is -1.53. The quantitative estimate of drug-likeness (QED) is 0.511. The van der Waals surface area contributed by atoms with Crippen molar-refractivity contribution >= 4 is 37.8 Å². The average molecular weight is 472 g/mol. The van der Waals surface area contributed by atoms with Crippen molar-refractivity contribution in [1.82, 2.24) is 0 Å². The standard InChI is InChI=1S/C19H20Br2O4/c1-9(2)12-5-6-15(16(10(3)4)17(12)22)25-18-13(20)7-11(19(23)24)8-14(18)21/h5-10,22H,1-4H3,(H,23,24). The van der Waals surface area contributed by atoms with Crippen LogP contribution in [0.3, 0.4) is 0 Å². The SMILES string of the molecule is CC(C)c1ccc(Oc2c(Br)cc(C(=O)O)cc2Br)c(C(C)C)c1O. The van der Waals surface area contributed by atoms with Gasteiger partial charge in [-0.3, -0.25) is 0 Å². The number of halogens is 2. The first-order valence-electron chi connectivity index (χ1n) is 7.89. The van der Waals surface area contributed by atoms with Crippen molar-refractivity contribution in [2.75, 3.05) is 0 Å². The number of hydrogen-bond donors (Lipinski definition) is 2. The minimum Gasteiger partial charge on any atom is -0.507 e. The van der Waals surface area contributed by atoms with E-state index in [1.807, 2.05) is 39.8 Å². The summed E-state index contributed by atoms with van der Waals surface area (Å²) in [6.45, 7) is 8.03. The van der Waals surface area contributed by atoms with Crippen molar-refractivity contribution in [2.24, 2.45) is 0 Å². The van der Waals surface area contributed by atoms with Crippen molar-refractivity contribution in [3.63, 3.8) is 0 Å². The third-order valence-corrected chi connectivity index (χ3v) is 5.04. The van der Waals surface area contributed by atoms with Gasteiger partial charge in [-0.15, -0.1) is 0 Å². The maximum Gasteiger partial charge on any atom is 0.335 e. The Morgan fingerprint density at radius 2 is 1.60 bits per heavy atom. The van der Waals surface area contributed by atoms with Gasteiger partial charge in [0.25, 0.3) is 0 Å². The lowest BCUT2D eigenvalue weighted by Gasteiger charge is -2.20. The maximum absolute atomic E-state index is 11.1. The van der Waals surface area contributed by atoms with Crippen molar-refractivity contribution in [3.8, 4) is 17.2 Å². The van der Waals surface area contributed by atoms with Crippen LogP contribution in [0.2, 0.25) is 0 Å². The smallest absolute Gasteiger partial charge is 0.335 e. The van der Waals surface area contributed by atoms with E-state index in [-0.39, 0.29) is 23.1 Å². The van der Waals surface area contributed by atoms with E-state index in [9.17, 15) is 9.90 Å². The zero-order valence-electron chi connectivity index (χ0n) is 14.4. The number of aromatic hydroxyl groups is 1. The highest BCUT2D eigenvalue weighted by Gasteiger charge is 2.21. The molecule has 134 valence electrons. The molecule has 4 nitrogen and oxygen atoms in total. The molecule has 6 heteroatoms. The van der Waals surface area contributed by atoms with Crippen LogP contribution in [-0.2, 0) is 0 Å². The number of phenols is 1. The molecule has 0 unspecified atom stereocenters. The second kappa shape index (κ2) is 7.79. The molecular formula is C19H20Br2O4. The van der Waals surface area contributed by atoms with E-state index in [1.165, 1.54) is 12.1 Å². The lowest BCUT2D eigenvalue weighted by molar-refractivity contribution is 0.0696. The zero-order chi connectivity index (χ0) is 18.9. The molecule has 0 saturated carbocycles. The van der Waals surface area contributed by atoms with Crippen molar-refractivity contribution in [1.29, 1.82) is 0 Å². The van der Waals surface area contributed by atoms with E-state index in [4.69, 9.17) is 9.84 Å². The molecule has 0 radical (unpaired) electrons. The Morgan fingerprint density at radius 1 is 1.04 bits per heavy atom. The molecule has 0 atom stereocenters. The third-order valence-electron chi connectivity index (χ3n) is 3.86. The van der Waals surface area contributed by atoms with Crippen LogP contribution in [0.1, 0.15) is 61.0 Å². The zero-order valence-corrected chi connectivity index (χ0v) is 17.6. The van der Waals surface area contributed by atoms with Crippen LogP contribution >= 0.6 is 31.9 Å². The highest BCUT2D eigenvalue weighted by Crippen LogP contribution is 2.44. The van der Waals surface area contributed by atoms with Gasteiger partial charge in [-0.05, 0) is 67.5 Å². The molecule has 0 aliphatic heterocycles. The Labute approximate surface area is 164 Å². The molecule has 0 aliphatic carbocycles. The monoisotopic (exact) mass is 470 g/mol. The number of rotatable bonds is 5. The Balaban J connectivity index is 2.55. The van der Waals surface area contributed by atoms with E-state index >= 15 is 0 Å². The topological polar surface area (TPSA) is 66.8 Å². The van der Waals surface area contributed by atoms with Crippen LogP contribution in [0, 0.1) is 0 Å². The lowest BCUT2D eigenvalue weighted by atomic mass is 9.93. The fraction of sp³-hybridized carbons (Fsp3) is 0.316. The van der Waals surface area contributed by atoms with E-state index in [0.29, 0.717) is 20.4 Å². The number of benzene rings is 2. The van der Waals surface area contributed by atoms with Crippen LogP contribution in [0.5, 0.6) is 17.2 Å². The van der Waals surface area contributed by atoms with Gasteiger partial charge in [-0.2, -0.15) is 0 Å². The summed E-state index contributed by atoms with van der Waals surface area (Å²) in [5.41, 5.74) is 1.75. The van der Waals surface area contributed by atoms with Crippen LogP contribution in [0.4, 0.5) is 0 Å². The summed E-state index contributed by atoms with van der Waals surface area (Å²) in [6, 6.07) is 6.67. The molecule has 25 heavy (non-hydrogen) atoms. The second-order valence-corrected chi connectivity index (χ2v) is 8.11. The molecule has 0 amide bonds. The summed E-state index contributed by atoms with van der Waals surface area (Å²) in [6.07, 6.45) is 0. The second-order valence-electron chi connectivity index (χ2n) is 6.40. The summed E-state index contributed by atoms with van der Waals surface area (Å²) in [5.74, 6) is 0.487. The van der Waals surface area contributed by atoms with Gasteiger partial charge in [0.05, 0.1) is 14.5 Å². The van der Waals surface area contributed by atoms with Gasteiger partial charge in [0.1, 0.15) is 11.5 Å². The minimum absolute atomic E-state index is 0.0598. The maximum atomic E-state index is 11.1. The van der Waals surface area contributed by atoms with Gasteiger partial charge in [0, 0.05) is 5.56 Å². The fourth-order valence-electron chi connectivity index (χ4n) is 2.61. The molecule has 0 fully saturated rings. The summed E-state index contributed by atoms with van der Waals surface area (Å²) in [7, 11) is 0. The van der Waals surface area contributed by atoms with Gasteiger partial charge in [0.15, 0.2) is 5.75 Å². The fourth-order valence-corrected chi connectivity index (χ4v) is 3.96. The highest BCUT2D eigenvalue weighted by atomic mass is 79.9. The normalized spacial score (nSPS) is 11.2. The van der Waals surface area contributed by atoms with Crippen molar-refractivity contribution in [3.05, 3.63) is 49.9 Å². The number of aromatic carboxylic acids is 1. The van der Waals surface area contributed by atoms with E-state index in [1.54, 1.807) is 0 Å². The van der Waals surface area contributed by atoms with Crippen LogP contribution in [0.25, 0.3) is 0 Å². The Kier molecular flexibility index (Phi) is 6.16. The van der Waals surface area contributed by atoms with Crippen molar-refractivity contribution < 1.29 is 19.7 Å². The predicted octanol–water partition coefficient (Wildman–Crippen LogP) is 6.65. The van der Waals surface area contributed by atoms with E-state index in [2.05, 4.69) is 31.9 Å². The van der Waals surface area contributed by atoms with Gasteiger partial charge in [-0.1, -0.05) is 33.8 Å². The summed E-state index contributed by atoms with van der Waals surface area (Å²) in [5, 5.41) is 19.8. The van der Waals surface area contributed by atoms with Crippen LogP contribution < -0.4 is 4.74 Å². The number of carboxylic acids is 1. The first-order valence-corrected chi connectivity index (χ1v) is 9.48. The number of ether oxygens (including phenoxy) is 1. The third kappa shape index (κ3) is 4.18. The predicted molar refractivity (Wildman–Crippen MR) is 105 cm³/mol. The van der Waals surface area contributed by atoms with Crippen LogP contribution in [0.15, 0.2) is 33.2 Å². The summed E-state index contributed by atoms with van der Waals surface area (Å²) < 4.78 is 7.07. The molecule has 2 rings (SSSR count). The number of carbonyl (C=O) groups is 1. The van der Waals surface area contributed by atoms with Crippen molar-refractivity contribution in [2.45, 2.75) is 39.5 Å². The van der Waals surface area contributed by atoms with Gasteiger partial charge in [0.2, 0.25) is 0 Å². The van der Waals surface area contributed by atoms with Gasteiger partial charge >= 0.3 is 5.97 Å². The molecule has 2 aromatic rings. The molecule has 0 heterocycles. The number of hydrogen-bond acceptors (Lipinski definition) is 3. The summed E-state index contributed by atoms with van der Waals surface area (Å²) in [4.78, 5) is 11.1. The molecule has 0 bridgehead atoms. The molecule has 0 saturated heterocycles. The molecule has 2 aromatic carbocycles. The van der Waals surface area contributed by atoms with Gasteiger partial charge in [-0.25, -0.2) is 4.79 Å². The first-order chi connectivity index (χ1) is 11.6. The molecule has 0 aliphatic rings. The Morgan fingerprint density at radius 3 is 2.04 bits per heavy atom. The van der Waals surface area contributed by atoms with E-state index in [0.717, 1.165) is 11.1 Å². The molecule has 0 spiro atoms. The highest BCUT2D eigenvalue weighted by molar-refractivity contribution is 9.11. The molecule has 0 aromatic heterocycles. The number of carboxylic acid groups (broad SMARTS) is 1. The summed E-state index contributed by atoms with van der Waals surface area (Å²) >= 11 is 6.72.